The molecule has 31 heavy (non-hydrogen) atoms. The highest BCUT2D eigenvalue weighted by Gasteiger charge is 2.11. The molecule has 0 aliphatic carbocycles. The van der Waals surface area contributed by atoms with Crippen molar-refractivity contribution < 1.29 is 28.5 Å². The third-order valence-corrected chi connectivity index (χ3v) is 4.37. The van der Waals surface area contributed by atoms with E-state index < -0.39 is 11.9 Å². The van der Waals surface area contributed by atoms with Gasteiger partial charge in [0, 0.05) is 5.02 Å². The summed E-state index contributed by atoms with van der Waals surface area (Å²) >= 11 is 5.90. The predicted molar refractivity (Wildman–Crippen MR) is 116 cm³/mol. The molecule has 0 bridgehead atoms. The Morgan fingerprint density at radius 1 is 0.839 bits per heavy atom. The van der Waals surface area contributed by atoms with E-state index >= 15 is 0 Å². The normalized spacial score (nSPS) is 10.3. The Balaban J connectivity index is 1.41. The molecule has 0 aliphatic rings. The lowest BCUT2D eigenvalue weighted by atomic mass is 10.2. The minimum Gasteiger partial charge on any atom is -0.490 e. The van der Waals surface area contributed by atoms with Crippen LogP contribution in [-0.4, -0.2) is 31.8 Å². The van der Waals surface area contributed by atoms with Crippen LogP contribution < -0.4 is 14.2 Å². The van der Waals surface area contributed by atoms with Crippen LogP contribution in [0.15, 0.2) is 72.8 Å². The molecule has 0 saturated heterocycles. The Hall–Kier alpha value is -3.51. The van der Waals surface area contributed by atoms with Gasteiger partial charge in [0.15, 0.2) is 6.61 Å². The van der Waals surface area contributed by atoms with Gasteiger partial charge in [0.05, 0.1) is 5.56 Å². The monoisotopic (exact) mass is 440 g/mol. The van der Waals surface area contributed by atoms with Gasteiger partial charge >= 0.3 is 11.9 Å². The lowest BCUT2D eigenvalue weighted by Crippen LogP contribution is -2.18. The number of hydrogen-bond acceptors (Lipinski definition) is 6. The average Bonchev–Trinajstić information content (AvgIpc) is 2.77. The fourth-order valence-electron chi connectivity index (χ4n) is 2.63. The third kappa shape index (κ3) is 7.04. The molecule has 3 rings (SSSR count). The number of benzene rings is 3. The van der Waals surface area contributed by atoms with Gasteiger partial charge in [-0.05, 0) is 67.1 Å². The summed E-state index contributed by atoms with van der Waals surface area (Å²) in [6.45, 7) is 1.94. The second-order valence-electron chi connectivity index (χ2n) is 6.49. The first-order valence-corrected chi connectivity index (χ1v) is 9.94. The van der Waals surface area contributed by atoms with Crippen molar-refractivity contribution >= 4 is 23.5 Å². The molecule has 0 atom stereocenters. The fraction of sp³-hybridized carbons (Fsp3) is 0.167. The number of halogens is 1. The van der Waals surface area contributed by atoms with Crippen molar-refractivity contribution in [3.63, 3.8) is 0 Å². The predicted octanol–water partition coefficient (Wildman–Crippen LogP) is 4.87. The Bertz CT molecular complexity index is 1020. The molecule has 0 radical (unpaired) electrons. The van der Waals surface area contributed by atoms with Crippen LogP contribution in [0.3, 0.4) is 0 Å². The molecular formula is C24H21ClO6. The molecule has 0 unspecified atom stereocenters. The molecule has 0 amide bonds. The highest BCUT2D eigenvalue weighted by atomic mass is 35.5. The van der Waals surface area contributed by atoms with Gasteiger partial charge in [-0.2, -0.15) is 0 Å². The first kappa shape index (κ1) is 22.2. The summed E-state index contributed by atoms with van der Waals surface area (Å²) in [4.78, 5) is 24.1. The van der Waals surface area contributed by atoms with Crippen LogP contribution in [0.4, 0.5) is 0 Å². The van der Waals surface area contributed by atoms with E-state index in [9.17, 15) is 9.59 Å². The van der Waals surface area contributed by atoms with Gasteiger partial charge in [0.2, 0.25) is 0 Å². The van der Waals surface area contributed by atoms with Crippen molar-refractivity contribution in [2.24, 2.45) is 0 Å². The quantitative estimate of drug-likeness (QED) is 0.268. The molecule has 0 heterocycles. The van der Waals surface area contributed by atoms with Gasteiger partial charge in [0.25, 0.3) is 0 Å². The highest BCUT2D eigenvalue weighted by Crippen LogP contribution is 2.22. The van der Waals surface area contributed by atoms with Crippen molar-refractivity contribution in [3.8, 4) is 17.2 Å². The van der Waals surface area contributed by atoms with Crippen molar-refractivity contribution in [2.45, 2.75) is 6.92 Å². The summed E-state index contributed by atoms with van der Waals surface area (Å²) in [7, 11) is 0. The van der Waals surface area contributed by atoms with E-state index in [1.165, 1.54) is 24.3 Å². The SMILES string of the molecule is Cc1cc(Cl)ccc1OCC(=O)Oc1ccc(C(=O)OCCOc2ccccc2)cc1. The van der Waals surface area contributed by atoms with Gasteiger partial charge in [-0.1, -0.05) is 29.8 Å². The molecule has 3 aromatic carbocycles. The van der Waals surface area contributed by atoms with Crippen molar-refractivity contribution in [3.05, 3.63) is 88.9 Å². The highest BCUT2D eigenvalue weighted by molar-refractivity contribution is 6.30. The number of carbonyl (C=O) groups excluding carboxylic acids is 2. The summed E-state index contributed by atoms with van der Waals surface area (Å²) in [5.74, 6) is 0.500. The number of aryl methyl sites for hydroxylation is 1. The van der Waals surface area contributed by atoms with Gasteiger partial charge in [0.1, 0.15) is 30.5 Å². The number of rotatable bonds is 9. The maximum Gasteiger partial charge on any atom is 0.349 e. The molecule has 3 aromatic rings. The summed E-state index contributed by atoms with van der Waals surface area (Å²) < 4.78 is 21.3. The fourth-order valence-corrected chi connectivity index (χ4v) is 2.85. The average molecular weight is 441 g/mol. The Labute approximate surface area is 185 Å². The van der Waals surface area contributed by atoms with Gasteiger partial charge in [-0.15, -0.1) is 0 Å². The summed E-state index contributed by atoms with van der Waals surface area (Å²) in [5.41, 5.74) is 1.16. The molecule has 0 fully saturated rings. The van der Waals surface area contributed by atoms with Gasteiger partial charge in [-0.25, -0.2) is 9.59 Å². The molecule has 0 saturated carbocycles. The van der Waals surface area contributed by atoms with Crippen molar-refractivity contribution in [1.29, 1.82) is 0 Å². The smallest absolute Gasteiger partial charge is 0.349 e. The first-order valence-electron chi connectivity index (χ1n) is 9.56. The van der Waals surface area contributed by atoms with Crippen LogP contribution in [0.25, 0.3) is 0 Å². The van der Waals surface area contributed by atoms with Crippen LogP contribution in [-0.2, 0) is 9.53 Å². The minimum absolute atomic E-state index is 0.117. The Morgan fingerprint density at radius 2 is 1.58 bits per heavy atom. The topological polar surface area (TPSA) is 71.1 Å². The number of hydrogen-bond donors (Lipinski definition) is 0. The zero-order chi connectivity index (χ0) is 22.1. The van der Waals surface area contributed by atoms with E-state index in [1.807, 2.05) is 37.3 Å². The summed E-state index contributed by atoms with van der Waals surface area (Å²) in [6.07, 6.45) is 0. The molecule has 0 aromatic heterocycles. The minimum atomic E-state index is -0.567. The molecule has 0 spiro atoms. The molecule has 160 valence electrons. The lowest BCUT2D eigenvalue weighted by molar-refractivity contribution is -0.136. The molecule has 0 N–H and O–H groups in total. The third-order valence-electron chi connectivity index (χ3n) is 4.13. The van der Waals surface area contributed by atoms with Crippen LogP contribution in [0.1, 0.15) is 15.9 Å². The van der Waals surface area contributed by atoms with Crippen LogP contribution in [0.2, 0.25) is 5.02 Å². The van der Waals surface area contributed by atoms with Crippen molar-refractivity contribution in [2.75, 3.05) is 19.8 Å². The van der Waals surface area contributed by atoms with E-state index in [1.54, 1.807) is 18.2 Å². The molecular weight excluding hydrogens is 420 g/mol. The maximum absolute atomic E-state index is 12.1. The second-order valence-corrected chi connectivity index (χ2v) is 6.93. The second kappa shape index (κ2) is 11.0. The molecule has 6 nitrogen and oxygen atoms in total. The van der Waals surface area contributed by atoms with Crippen LogP contribution in [0.5, 0.6) is 17.2 Å². The Morgan fingerprint density at radius 3 is 2.29 bits per heavy atom. The lowest BCUT2D eigenvalue weighted by Gasteiger charge is -2.10. The summed E-state index contributed by atoms with van der Waals surface area (Å²) in [6, 6.07) is 20.5. The number of esters is 2. The van der Waals surface area contributed by atoms with Gasteiger partial charge < -0.3 is 18.9 Å². The number of para-hydroxylation sites is 1. The van der Waals surface area contributed by atoms with E-state index in [4.69, 9.17) is 30.5 Å². The van der Waals surface area contributed by atoms with E-state index in [2.05, 4.69) is 0 Å². The van der Waals surface area contributed by atoms with Crippen LogP contribution >= 0.6 is 11.6 Å². The zero-order valence-electron chi connectivity index (χ0n) is 16.9. The number of ether oxygens (including phenoxy) is 4. The van der Waals surface area contributed by atoms with E-state index in [0.717, 1.165) is 5.56 Å². The maximum atomic E-state index is 12.1. The standard InChI is InChI=1S/C24H21ClO6/c1-17-15-19(25)9-12-22(17)30-16-23(26)31-21-10-7-18(8-11-21)24(27)29-14-13-28-20-5-3-2-4-6-20/h2-12,15H,13-14,16H2,1H3. The molecule has 0 aliphatic heterocycles. The largest absolute Gasteiger partial charge is 0.490 e. The summed E-state index contributed by atoms with van der Waals surface area (Å²) in [5, 5.41) is 0.592. The van der Waals surface area contributed by atoms with Crippen LogP contribution in [0, 0.1) is 6.92 Å². The number of carbonyl (C=O) groups is 2. The van der Waals surface area contributed by atoms with E-state index in [0.29, 0.717) is 27.8 Å². The Kier molecular flexibility index (Phi) is 7.90. The van der Waals surface area contributed by atoms with E-state index in [-0.39, 0.29) is 19.8 Å². The van der Waals surface area contributed by atoms with Gasteiger partial charge in [-0.3, -0.25) is 0 Å². The first-order chi connectivity index (χ1) is 15.0. The zero-order valence-corrected chi connectivity index (χ0v) is 17.6. The molecule has 7 heteroatoms. The van der Waals surface area contributed by atoms with Crippen molar-refractivity contribution in [1.82, 2.24) is 0 Å².